The van der Waals surface area contributed by atoms with Crippen molar-refractivity contribution in [1.82, 2.24) is 0 Å². The van der Waals surface area contributed by atoms with Gasteiger partial charge in [-0.05, 0) is 23.9 Å². The summed E-state index contributed by atoms with van der Waals surface area (Å²) in [6.07, 6.45) is 0. The molecule has 1 aromatic rings. The molecule has 0 aliphatic carbocycles. The highest BCUT2D eigenvalue weighted by molar-refractivity contribution is 9.10. The summed E-state index contributed by atoms with van der Waals surface area (Å²) >= 11 is 3.34. The number of rotatable bonds is 0. The van der Waals surface area contributed by atoms with Crippen LogP contribution in [0.1, 0.15) is 5.56 Å². The van der Waals surface area contributed by atoms with Crippen LogP contribution in [-0.4, -0.2) is 0 Å². The Hall–Kier alpha value is -0.810. The normalized spacial score (nSPS) is 8.90. The Bertz CT molecular complexity index is 286. The Balaban J connectivity index is 3.23. The van der Waals surface area contributed by atoms with Gasteiger partial charge in [0, 0.05) is 16.1 Å². The lowest BCUT2D eigenvalue weighted by Crippen LogP contribution is -1.71. The molecule has 0 bridgehead atoms. The van der Waals surface area contributed by atoms with E-state index in [0.29, 0.717) is 0 Å². The largest absolute Gasteiger partial charge is 0.342 e. The van der Waals surface area contributed by atoms with Gasteiger partial charge in [0.25, 0.3) is 6.57 Å². The van der Waals surface area contributed by atoms with Crippen LogP contribution in [0.15, 0.2) is 22.7 Å². The molecule has 0 spiro atoms. The molecule has 1 nitrogen and oxygen atoms in total. The zero-order valence-electron chi connectivity index (χ0n) is 5.63. The summed E-state index contributed by atoms with van der Waals surface area (Å²) in [6.45, 7) is 7.08. The van der Waals surface area contributed by atoms with Crippen molar-refractivity contribution >= 4 is 21.6 Å². The molecule has 0 fully saturated rings. The zero-order valence-corrected chi connectivity index (χ0v) is 7.22. The van der Waals surface area contributed by atoms with Crippen LogP contribution >= 0.6 is 15.9 Å². The summed E-state index contributed by atoms with van der Waals surface area (Å²) in [5.41, 5.74) is 1.92. The van der Waals surface area contributed by atoms with E-state index >= 15 is 0 Å². The van der Waals surface area contributed by atoms with Crippen molar-refractivity contribution < 1.29 is 0 Å². The van der Waals surface area contributed by atoms with Crippen molar-refractivity contribution in [2.75, 3.05) is 0 Å². The summed E-state index contributed by atoms with van der Waals surface area (Å²) in [7, 11) is 0. The average Bonchev–Trinajstić information content (AvgIpc) is 1.88. The van der Waals surface area contributed by atoms with Crippen molar-refractivity contribution in [3.8, 4) is 6.57 Å². The molecule has 10 heavy (non-hydrogen) atoms. The minimum absolute atomic E-state index is 0.836. The van der Waals surface area contributed by atoms with Crippen molar-refractivity contribution in [3.63, 3.8) is 0 Å². The van der Waals surface area contributed by atoms with E-state index < -0.39 is 0 Å². The van der Waals surface area contributed by atoms with Gasteiger partial charge in [-0.1, -0.05) is 15.9 Å². The molecule has 2 heteroatoms. The van der Waals surface area contributed by atoms with E-state index in [-0.39, 0.29) is 0 Å². The van der Waals surface area contributed by atoms with Crippen molar-refractivity contribution in [2.45, 2.75) is 6.92 Å². The number of hydrogen-bond donors (Lipinski definition) is 0. The highest BCUT2D eigenvalue weighted by Crippen LogP contribution is 2.21. The maximum absolute atomic E-state index is 5.11. The lowest BCUT2D eigenvalue weighted by molar-refractivity contribution is 1.47. The Morgan fingerprint density at radius 2 is 2.20 bits per heavy atom. The minimum Gasteiger partial charge on any atom is -0.0508 e. The molecule has 0 amide bonds. The van der Waals surface area contributed by atoms with Crippen LogP contribution in [0.2, 0.25) is 0 Å². The van der Waals surface area contributed by atoms with Crippen molar-refractivity contribution in [3.05, 3.63) is 33.1 Å². The van der Waals surface area contributed by atoms with Crippen LogP contribution in [0.4, 0.5) is 5.69 Å². The number of hydrogen-bond acceptors (Lipinski definition) is 0. The summed E-state index contributed by atoms with van der Waals surface area (Å²) in [5, 5.41) is 0. The van der Waals surface area contributed by atoms with Gasteiger partial charge in [-0.3, -0.25) is 0 Å². The van der Waals surface area contributed by atoms with Crippen LogP contribution in [-0.2, 0) is 0 Å². The van der Waals surface area contributed by atoms with E-state index in [9.17, 15) is 0 Å². The lowest BCUT2D eigenvalue weighted by atomic mass is 10.2. The molecule has 1 aromatic carbocycles. The summed E-state index contributed by atoms with van der Waals surface area (Å²) < 4.78 is 1.05. The molecule has 0 heterocycles. The van der Waals surface area contributed by atoms with Gasteiger partial charge >= 0.3 is 5.69 Å². The fourth-order valence-electron chi connectivity index (χ4n) is 0.764. The third kappa shape index (κ3) is 1.37. The second kappa shape index (κ2) is 2.85. The molecule has 0 unspecified atom stereocenters. The van der Waals surface area contributed by atoms with Gasteiger partial charge in [-0.2, -0.15) is 0 Å². The lowest BCUT2D eigenvalue weighted by Gasteiger charge is -1.88. The second-order valence-electron chi connectivity index (χ2n) is 2.06. The fourth-order valence-corrected chi connectivity index (χ4v) is 1.24. The zero-order chi connectivity index (χ0) is 7.56. The van der Waals surface area contributed by atoms with Crippen LogP contribution in [0.25, 0.3) is 4.85 Å². The van der Waals surface area contributed by atoms with Gasteiger partial charge in [0.05, 0.1) is 0 Å². The monoisotopic (exact) mass is 196 g/mol. The van der Waals surface area contributed by atoms with E-state index in [0.717, 1.165) is 15.7 Å². The first-order chi connectivity index (χ1) is 4.74. The van der Waals surface area contributed by atoms with Gasteiger partial charge in [0.1, 0.15) is 0 Å². The van der Waals surface area contributed by atoms with Crippen molar-refractivity contribution in [2.24, 2.45) is 0 Å². The maximum atomic E-state index is 5.11. The van der Waals surface area contributed by atoms with Gasteiger partial charge < -0.3 is 0 Å². The summed E-state index contributed by atoms with van der Waals surface area (Å²) in [6, 6.07) is 5.77. The molecular formula is C8H7BrN+. The highest BCUT2D eigenvalue weighted by Gasteiger charge is 2.04. The predicted molar refractivity (Wildman–Crippen MR) is 46.8 cm³/mol. The first-order valence-corrected chi connectivity index (χ1v) is 3.70. The molecule has 1 rings (SSSR count). The predicted octanol–water partition coefficient (Wildman–Crippen LogP) is 3.35. The Kier molecular flexibility index (Phi) is 2.08. The molecule has 50 valence electrons. The van der Waals surface area contributed by atoms with Gasteiger partial charge in [0.2, 0.25) is 0 Å². The molecule has 0 radical (unpaired) electrons. The number of aryl methyl sites for hydroxylation is 1. The number of halogens is 1. The van der Waals surface area contributed by atoms with Crippen LogP contribution in [0.5, 0.6) is 0 Å². The Morgan fingerprint density at radius 3 is 2.70 bits per heavy atom. The number of benzene rings is 1. The van der Waals surface area contributed by atoms with E-state index in [1.54, 1.807) is 0 Å². The molecular weight excluding hydrogens is 190 g/mol. The van der Waals surface area contributed by atoms with E-state index in [1.807, 2.05) is 25.1 Å². The van der Waals surface area contributed by atoms with Crippen LogP contribution in [0.3, 0.4) is 0 Å². The van der Waals surface area contributed by atoms with Gasteiger partial charge in [-0.25, -0.2) is 0 Å². The Morgan fingerprint density at radius 1 is 1.50 bits per heavy atom. The first-order valence-electron chi connectivity index (χ1n) is 2.91. The Labute approximate surface area is 68.6 Å². The highest BCUT2D eigenvalue weighted by atomic mass is 79.9. The van der Waals surface area contributed by atoms with E-state index in [4.69, 9.17) is 6.57 Å². The van der Waals surface area contributed by atoms with Gasteiger partial charge in [-0.15, -0.1) is 0 Å². The smallest absolute Gasteiger partial charge is 0.0508 e. The SMILES string of the molecule is C#[N+]c1ccc(Br)cc1C. The van der Waals surface area contributed by atoms with Gasteiger partial charge in [0.15, 0.2) is 0 Å². The standard InChI is InChI=1S/C8H7BrN/c1-6-5-7(9)3-4-8(6)10-2/h2-5H,1H3/q+1. The maximum Gasteiger partial charge on any atom is 0.342 e. The second-order valence-corrected chi connectivity index (χ2v) is 2.98. The average molecular weight is 197 g/mol. The van der Waals surface area contributed by atoms with E-state index in [1.165, 1.54) is 0 Å². The molecule has 0 atom stereocenters. The molecule has 0 aliphatic rings. The van der Waals surface area contributed by atoms with E-state index in [2.05, 4.69) is 20.8 Å². The fraction of sp³-hybridized carbons (Fsp3) is 0.125. The molecule has 0 aromatic heterocycles. The third-order valence-corrected chi connectivity index (χ3v) is 1.79. The first kappa shape index (κ1) is 7.30. The van der Waals surface area contributed by atoms with Crippen LogP contribution in [0, 0.1) is 13.5 Å². The topological polar surface area (TPSA) is 4.36 Å². The molecule has 0 N–H and O–H groups in total. The molecule has 0 saturated carbocycles. The third-order valence-electron chi connectivity index (χ3n) is 1.30. The summed E-state index contributed by atoms with van der Waals surface area (Å²) in [5.74, 6) is 0. The molecule has 0 aliphatic heterocycles. The quantitative estimate of drug-likeness (QED) is 0.600. The minimum atomic E-state index is 0.836. The number of nitrogens with zero attached hydrogens (tertiary/aromatic N) is 1. The van der Waals surface area contributed by atoms with Crippen molar-refractivity contribution in [1.29, 1.82) is 0 Å². The summed E-state index contributed by atoms with van der Waals surface area (Å²) in [4.78, 5) is 3.59. The molecule has 0 saturated heterocycles. The van der Waals surface area contributed by atoms with Crippen LogP contribution < -0.4 is 0 Å².